The lowest BCUT2D eigenvalue weighted by molar-refractivity contribution is 0.795. The van der Waals surface area contributed by atoms with Crippen LogP contribution in [0.3, 0.4) is 0 Å². The number of pyridine rings is 1. The van der Waals surface area contributed by atoms with Crippen LogP contribution in [0.25, 0.3) is 10.9 Å². The van der Waals surface area contributed by atoms with Crippen molar-refractivity contribution in [2.45, 2.75) is 6.54 Å². The second-order valence-electron chi connectivity index (χ2n) is 6.15. The minimum absolute atomic E-state index is 0.000219. The fourth-order valence-corrected chi connectivity index (χ4v) is 3.14. The Bertz CT molecular complexity index is 1100. The van der Waals surface area contributed by atoms with Gasteiger partial charge in [-0.3, -0.25) is 4.79 Å². The van der Waals surface area contributed by atoms with Gasteiger partial charge in [0, 0.05) is 27.8 Å². The van der Waals surface area contributed by atoms with Gasteiger partial charge in [0.1, 0.15) is 0 Å². The zero-order valence-electron chi connectivity index (χ0n) is 14.0. The molecule has 0 aliphatic carbocycles. The first kappa shape index (κ1) is 16.4. The third kappa shape index (κ3) is 3.48. The zero-order chi connectivity index (χ0) is 17.9. The van der Waals surface area contributed by atoms with Crippen LogP contribution in [0.2, 0.25) is 5.02 Å². The van der Waals surface area contributed by atoms with Gasteiger partial charge in [-0.25, -0.2) is 0 Å². The molecule has 4 aromatic rings. The molecule has 1 heterocycles. The number of fused-ring (bicyclic) bond motifs is 1. The maximum Gasteiger partial charge on any atom is 0.251 e. The molecule has 0 aliphatic rings. The van der Waals surface area contributed by atoms with Gasteiger partial charge in [-0.2, -0.15) is 0 Å². The molecular weight excluding hydrogens is 344 g/mol. The van der Waals surface area contributed by atoms with Crippen molar-refractivity contribution in [3.63, 3.8) is 0 Å². The normalized spacial score (nSPS) is 10.8. The summed E-state index contributed by atoms with van der Waals surface area (Å²) in [5, 5.41) is 5.08. The molecule has 0 radical (unpaired) electrons. The van der Waals surface area contributed by atoms with Gasteiger partial charge in [0.2, 0.25) is 0 Å². The summed E-state index contributed by atoms with van der Waals surface area (Å²) in [5.74, 6) is 0. The molecule has 0 amide bonds. The van der Waals surface area contributed by atoms with Crippen LogP contribution in [-0.4, -0.2) is 4.57 Å². The van der Waals surface area contributed by atoms with E-state index in [4.69, 9.17) is 11.6 Å². The lowest BCUT2D eigenvalue weighted by Gasteiger charge is -2.12. The number of nitrogens with zero attached hydrogens (tertiary/aromatic N) is 1. The molecule has 0 unspecified atom stereocenters. The number of rotatable bonds is 4. The van der Waals surface area contributed by atoms with Crippen LogP contribution in [0.1, 0.15) is 5.56 Å². The molecule has 4 heteroatoms. The highest BCUT2D eigenvalue weighted by Gasteiger charge is 2.05. The summed E-state index contributed by atoms with van der Waals surface area (Å²) >= 11 is 5.93. The number of hydrogen-bond donors (Lipinski definition) is 1. The summed E-state index contributed by atoms with van der Waals surface area (Å²) in [6, 6.07) is 27.1. The summed E-state index contributed by atoms with van der Waals surface area (Å²) in [6.07, 6.45) is 0. The smallest absolute Gasteiger partial charge is 0.251 e. The molecule has 0 spiro atoms. The molecule has 0 atom stereocenters. The van der Waals surface area contributed by atoms with Gasteiger partial charge in [0.25, 0.3) is 5.56 Å². The van der Waals surface area contributed by atoms with E-state index < -0.39 is 0 Å². The van der Waals surface area contributed by atoms with Gasteiger partial charge < -0.3 is 9.88 Å². The van der Waals surface area contributed by atoms with Crippen molar-refractivity contribution in [2.24, 2.45) is 0 Å². The van der Waals surface area contributed by atoms with Crippen LogP contribution in [0.4, 0.5) is 11.4 Å². The summed E-state index contributed by atoms with van der Waals surface area (Å²) < 4.78 is 1.80. The Morgan fingerprint density at radius 1 is 0.808 bits per heavy atom. The number of benzene rings is 3. The van der Waals surface area contributed by atoms with E-state index in [1.807, 2.05) is 78.9 Å². The van der Waals surface area contributed by atoms with Crippen LogP contribution in [-0.2, 0) is 6.54 Å². The maximum absolute atomic E-state index is 12.4. The number of halogens is 1. The summed E-state index contributed by atoms with van der Waals surface area (Å²) in [4.78, 5) is 12.4. The third-order valence-electron chi connectivity index (χ3n) is 4.31. The molecular formula is C22H17ClN2O. The SMILES string of the molecule is O=c1ccc2cc(Nc3ccc(Cl)cc3)ccc2n1Cc1ccccc1. The molecule has 4 rings (SSSR count). The predicted molar refractivity (Wildman–Crippen MR) is 108 cm³/mol. The molecule has 1 N–H and O–H groups in total. The summed E-state index contributed by atoms with van der Waals surface area (Å²) in [7, 11) is 0. The average molecular weight is 361 g/mol. The van der Waals surface area contributed by atoms with E-state index in [9.17, 15) is 4.79 Å². The quantitative estimate of drug-likeness (QED) is 0.525. The van der Waals surface area contributed by atoms with Crippen molar-refractivity contribution >= 4 is 33.9 Å². The van der Waals surface area contributed by atoms with Crippen LogP contribution in [0.15, 0.2) is 89.7 Å². The molecule has 0 aliphatic heterocycles. The minimum atomic E-state index is -0.000219. The van der Waals surface area contributed by atoms with Gasteiger partial charge in [0.05, 0.1) is 12.1 Å². The van der Waals surface area contributed by atoms with E-state index in [-0.39, 0.29) is 5.56 Å². The van der Waals surface area contributed by atoms with E-state index in [1.54, 1.807) is 10.6 Å². The fourth-order valence-electron chi connectivity index (χ4n) is 3.01. The van der Waals surface area contributed by atoms with E-state index >= 15 is 0 Å². The van der Waals surface area contributed by atoms with Gasteiger partial charge >= 0.3 is 0 Å². The lowest BCUT2D eigenvalue weighted by Crippen LogP contribution is -2.19. The standard InChI is InChI=1S/C22H17ClN2O/c23-18-7-9-19(10-8-18)24-20-11-12-21-17(14-20)6-13-22(26)25(21)15-16-4-2-1-3-5-16/h1-14,24H,15H2. The van der Waals surface area contributed by atoms with Crippen LogP contribution < -0.4 is 10.9 Å². The van der Waals surface area contributed by atoms with Gasteiger partial charge in [0.15, 0.2) is 0 Å². The van der Waals surface area contributed by atoms with Crippen LogP contribution in [0.5, 0.6) is 0 Å². The summed E-state index contributed by atoms with van der Waals surface area (Å²) in [5.41, 5.74) is 3.95. The number of aromatic nitrogens is 1. The molecule has 3 aromatic carbocycles. The molecule has 0 bridgehead atoms. The molecule has 3 nitrogen and oxygen atoms in total. The second-order valence-corrected chi connectivity index (χ2v) is 6.59. The zero-order valence-corrected chi connectivity index (χ0v) is 14.8. The Kier molecular flexibility index (Phi) is 4.46. The topological polar surface area (TPSA) is 34.0 Å². The van der Waals surface area contributed by atoms with Crippen molar-refractivity contribution in [1.82, 2.24) is 4.57 Å². The number of anilines is 2. The van der Waals surface area contributed by atoms with Crippen molar-refractivity contribution < 1.29 is 0 Å². The highest BCUT2D eigenvalue weighted by atomic mass is 35.5. The highest BCUT2D eigenvalue weighted by Crippen LogP contribution is 2.23. The third-order valence-corrected chi connectivity index (χ3v) is 4.56. The van der Waals surface area contributed by atoms with Crippen molar-refractivity contribution in [3.05, 3.63) is 106 Å². The maximum atomic E-state index is 12.4. The molecule has 1 aromatic heterocycles. The van der Waals surface area contributed by atoms with Gasteiger partial charge in [-0.05, 0) is 54.1 Å². The van der Waals surface area contributed by atoms with Crippen LogP contribution >= 0.6 is 11.6 Å². The monoisotopic (exact) mass is 360 g/mol. The fraction of sp³-hybridized carbons (Fsp3) is 0.0455. The molecule has 0 saturated carbocycles. The average Bonchev–Trinajstić information content (AvgIpc) is 2.67. The first-order chi connectivity index (χ1) is 12.7. The first-order valence-corrected chi connectivity index (χ1v) is 8.77. The van der Waals surface area contributed by atoms with Crippen molar-refractivity contribution in [2.75, 3.05) is 5.32 Å². The van der Waals surface area contributed by atoms with E-state index in [1.165, 1.54) is 0 Å². The number of nitrogens with one attached hydrogen (secondary N) is 1. The largest absolute Gasteiger partial charge is 0.356 e. The van der Waals surface area contributed by atoms with E-state index in [0.29, 0.717) is 11.6 Å². The second kappa shape index (κ2) is 7.06. The minimum Gasteiger partial charge on any atom is -0.356 e. The molecule has 0 fully saturated rings. The molecule has 0 saturated heterocycles. The Hall–Kier alpha value is -3.04. The summed E-state index contributed by atoms with van der Waals surface area (Å²) in [6.45, 7) is 0.557. The highest BCUT2D eigenvalue weighted by molar-refractivity contribution is 6.30. The number of hydrogen-bond acceptors (Lipinski definition) is 2. The Morgan fingerprint density at radius 3 is 2.31 bits per heavy atom. The van der Waals surface area contributed by atoms with Crippen LogP contribution in [0, 0.1) is 0 Å². The molecule has 26 heavy (non-hydrogen) atoms. The Morgan fingerprint density at radius 2 is 1.54 bits per heavy atom. The Balaban J connectivity index is 1.70. The van der Waals surface area contributed by atoms with Crippen molar-refractivity contribution in [1.29, 1.82) is 0 Å². The van der Waals surface area contributed by atoms with Crippen molar-refractivity contribution in [3.8, 4) is 0 Å². The first-order valence-electron chi connectivity index (χ1n) is 8.39. The van der Waals surface area contributed by atoms with Gasteiger partial charge in [-0.1, -0.05) is 41.9 Å². The van der Waals surface area contributed by atoms with E-state index in [2.05, 4.69) is 5.32 Å². The van der Waals surface area contributed by atoms with E-state index in [0.717, 1.165) is 27.8 Å². The van der Waals surface area contributed by atoms with Gasteiger partial charge in [-0.15, -0.1) is 0 Å². The Labute approximate surface area is 156 Å². The predicted octanol–water partition coefficient (Wildman–Crippen LogP) is 5.45. The lowest BCUT2D eigenvalue weighted by atomic mass is 10.1. The molecule has 128 valence electrons.